The number of carbonyl (C=O) groups excluding carboxylic acids is 1. The van der Waals surface area contributed by atoms with E-state index in [1.807, 2.05) is 31.2 Å². The predicted molar refractivity (Wildman–Crippen MR) is 160 cm³/mol. The van der Waals surface area contributed by atoms with Crippen molar-refractivity contribution in [1.29, 1.82) is 5.26 Å². The quantitative estimate of drug-likeness (QED) is 0.131. The van der Waals surface area contributed by atoms with Crippen LogP contribution in [-0.2, 0) is 0 Å². The Kier molecular flexibility index (Phi) is 10.3. The Bertz CT molecular complexity index is 1470. The van der Waals surface area contributed by atoms with Gasteiger partial charge in [0.05, 0.1) is 31.3 Å². The summed E-state index contributed by atoms with van der Waals surface area (Å²) in [5, 5.41) is 10.0. The highest BCUT2D eigenvalue weighted by atomic mass is 16.5. The highest BCUT2D eigenvalue weighted by molar-refractivity contribution is 5.91. The molecule has 1 atom stereocenters. The minimum atomic E-state index is -0.529. The van der Waals surface area contributed by atoms with E-state index in [0.717, 1.165) is 24.8 Å². The van der Waals surface area contributed by atoms with E-state index in [9.17, 15) is 10.1 Å². The number of nitriles is 1. The van der Waals surface area contributed by atoms with Crippen molar-refractivity contribution in [3.63, 3.8) is 0 Å². The van der Waals surface area contributed by atoms with Crippen LogP contribution < -0.4 is 29.4 Å². The molecule has 0 aromatic heterocycles. The summed E-state index contributed by atoms with van der Waals surface area (Å²) in [6.45, 7) is 9.90. The lowest BCUT2D eigenvalue weighted by molar-refractivity contribution is 0.0734. The maximum absolute atomic E-state index is 12.9. The second-order valence-corrected chi connectivity index (χ2v) is 10.4. The molecule has 42 heavy (non-hydrogen) atoms. The smallest absolute Gasteiger partial charge is 0.343 e. The van der Waals surface area contributed by atoms with Crippen LogP contribution in [0.1, 0.15) is 74.4 Å². The first-order chi connectivity index (χ1) is 20.3. The third-order valence-electron chi connectivity index (χ3n) is 6.79. The number of esters is 1. The van der Waals surface area contributed by atoms with Crippen LogP contribution in [0.25, 0.3) is 0 Å². The molecule has 0 aliphatic carbocycles. The van der Waals surface area contributed by atoms with Crippen molar-refractivity contribution in [3.05, 3.63) is 88.8 Å². The SMILES string of the molecule is CCCCOc1cccc(C(=O)Oc2ccc3c(c2)OC(N)=C(C#N)C3c2ccc(OCCC(C)C)c(OCC)c2)c1. The zero-order chi connectivity index (χ0) is 30.1. The fourth-order valence-corrected chi connectivity index (χ4v) is 4.55. The van der Waals surface area contributed by atoms with Gasteiger partial charge in [-0.1, -0.05) is 45.4 Å². The Balaban J connectivity index is 1.60. The van der Waals surface area contributed by atoms with Crippen LogP contribution in [0.2, 0.25) is 0 Å². The summed E-state index contributed by atoms with van der Waals surface area (Å²) in [6, 6.07) is 19.8. The van der Waals surface area contributed by atoms with Crippen LogP contribution in [0.4, 0.5) is 0 Å². The first-order valence-corrected chi connectivity index (χ1v) is 14.4. The average Bonchev–Trinajstić information content (AvgIpc) is 2.97. The number of benzene rings is 3. The van der Waals surface area contributed by atoms with Crippen LogP contribution in [0.5, 0.6) is 28.7 Å². The molecule has 8 nitrogen and oxygen atoms in total. The molecule has 1 heterocycles. The molecule has 3 aromatic carbocycles. The van der Waals surface area contributed by atoms with Gasteiger partial charge < -0.3 is 29.4 Å². The number of ether oxygens (including phenoxy) is 5. The minimum absolute atomic E-state index is 0.00868. The van der Waals surface area contributed by atoms with Gasteiger partial charge in [0.15, 0.2) is 11.5 Å². The topological polar surface area (TPSA) is 113 Å². The zero-order valence-corrected chi connectivity index (χ0v) is 24.6. The van der Waals surface area contributed by atoms with E-state index in [0.29, 0.717) is 59.9 Å². The summed E-state index contributed by atoms with van der Waals surface area (Å²) >= 11 is 0. The van der Waals surface area contributed by atoms with Crippen LogP contribution in [0.3, 0.4) is 0 Å². The van der Waals surface area contributed by atoms with Crippen LogP contribution in [0.15, 0.2) is 72.1 Å². The monoisotopic (exact) mass is 570 g/mol. The summed E-state index contributed by atoms with van der Waals surface area (Å²) in [6.07, 6.45) is 2.87. The van der Waals surface area contributed by atoms with Crippen molar-refractivity contribution >= 4 is 5.97 Å². The number of nitrogens with two attached hydrogens (primary N) is 1. The lowest BCUT2D eigenvalue weighted by Crippen LogP contribution is -2.21. The van der Waals surface area contributed by atoms with Gasteiger partial charge in [-0.25, -0.2) is 4.79 Å². The van der Waals surface area contributed by atoms with Gasteiger partial charge in [0.25, 0.3) is 0 Å². The molecule has 0 saturated heterocycles. The number of rotatable bonds is 13. The lowest BCUT2D eigenvalue weighted by Gasteiger charge is -2.27. The summed E-state index contributed by atoms with van der Waals surface area (Å²) in [5.41, 5.74) is 8.37. The minimum Gasteiger partial charge on any atom is -0.494 e. The van der Waals surface area contributed by atoms with E-state index in [4.69, 9.17) is 29.4 Å². The fourth-order valence-electron chi connectivity index (χ4n) is 4.55. The Hall–Kier alpha value is -4.64. The van der Waals surface area contributed by atoms with Crippen molar-refractivity contribution < 1.29 is 28.5 Å². The molecule has 0 saturated carbocycles. The van der Waals surface area contributed by atoms with Gasteiger partial charge in [0.1, 0.15) is 28.9 Å². The summed E-state index contributed by atoms with van der Waals surface area (Å²) in [5.74, 6) is 2.00. The molecular weight excluding hydrogens is 532 g/mol. The van der Waals surface area contributed by atoms with Crippen LogP contribution in [-0.4, -0.2) is 25.8 Å². The standard InChI is InChI=1S/C34H38N2O6/c1-5-7-16-39-25-10-8-9-24(18-25)34(37)41-26-12-13-27-30(20-26)42-33(36)28(21-35)32(27)23-11-14-29(31(19-23)38-6-2)40-17-15-22(3)4/h8-14,18-20,22,32H,5-7,15-17,36H2,1-4H3. The zero-order valence-electron chi connectivity index (χ0n) is 24.6. The first-order valence-electron chi connectivity index (χ1n) is 14.4. The molecule has 1 aliphatic heterocycles. The Morgan fingerprint density at radius 1 is 0.976 bits per heavy atom. The van der Waals surface area contributed by atoms with E-state index < -0.39 is 11.9 Å². The molecule has 0 fully saturated rings. The Morgan fingerprint density at radius 3 is 2.55 bits per heavy atom. The van der Waals surface area contributed by atoms with E-state index in [2.05, 4.69) is 26.8 Å². The molecule has 3 aromatic rings. The number of fused-ring (bicyclic) bond motifs is 1. The molecule has 220 valence electrons. The molecule has 1 unspecified atom stereocenters. The normalized spacial score (nSPS) is 14.0. The molecule has 2 N–H and O–H groups in total. The second-order valence-electron chi connectivity index (χ2n) is 10.4. The highest BCUT2D eigenvalue weighted by Gasteiger charge is 2.32. The molecule has 8 heteroatoms. The number of allylic oxidation sites excluding steroid dienone is 1. The van der Waals surface area contributed by atoms with E-state index in [1.54, 1.807) is 36.4 Å². The van der Waals surface area contributed by atoms with Crippen LogP contribution >= 0.6 is 0 Å². The highest BCUT2D eigenvalue weighted by Crippen LogP contribution is 2.45. The van der Waals surface area contributed by atoms with Crippen LogP contribution in [0, 0.1) is 17.2 Å². The Labute approximate surface area is 247 Å². The average molecular weight is 571 g/mol. The third kappa shape index (κ3) is 7.35. The number of unbranched alkanes of at least 4 members (excludes halogenated alkanes) is 1. The fraction of sp³-hybridized carbons (Fsp3) is 0.353. The molecule has 0 radical (unpaired) electrons. The number of carbonyl (C=O) groups is 1. The first kappa shape index (κ1) is 30.3. The van der Waals surface area contributed by atoms with Crippen molar-refractivity contribution in [2.75, 3.05) is 19.8 Å². The van der Waals surface area contributed by atoms with E-state index in [-0.39, 0.29) is 17.2 Å². The van der Waals surface area contributed by atoms with E-state index >= 15 is 0 Å². The van der Waals surface area contributed by atoms with Gasteiger partial charge >= 0.3 is 5.97 Å². The molecule has 0 bridgehead atoms. The summed E-state index contributed by atoms with van der Waals surface area (Å²) < 4.78 is 29.1. The van der Waals surface area contributed by atoms with Crippen molar-refractivity contribution in [3.8, 4) is 34.8 Å². The summed E-state index contributed by atoms with van der Waals surface area (Å²) in [4.78, 5) is 12.9. The molecule has 0 amide bonds. The maximum Gasteiger partial charge on any atom is 0.343 e. The van der Waals surface area contributed by atoms with Gasteiger partial charge in [0.2, 0.25) is 5.88 Å². The second kappa shape index (κ2) is 14.3. The van der Waals surface area contributed by atoms with Crippen molar-refractivity contribution in [2.24, 2.45) is 11.7 Å². The van der Waals surface area contributed by atoms with Crippen molar-refractivity contribution in [1.82, 2.24) is 0 Å². The predicted octanol–water partition coefficient (Wildman–Crippen LogP) is 7.13. The maximum atomic E-state index is 12.9. The Morgan fingerprint density at radius 2 is 1.81 bits per heavy atom. The molecule has 0 spiro atoms. The molecule has 1 aliphatic rings. The number of nitrogens with zero attached hydrogens (tertiary/aromatic N) is 1. The number of hydrogen-bond acceptors (Lipinski definition) is 8. The molecular formula is C34H38N2O6. The molecule has 4 rings (SSSR count). The van der Waals surface area contributed by atoms with Gasteiger partial charge in [0, 0.05) is 11.6 Å². The number of hydrogen-bond donors (Lipinski definition) is 1. The summed E-state index contributed by atoms with van der Waals surface area (Å²) in [7, 11) is 0. The van der Waals surface area contributed by atoms with Gasteiger partial charge in [-0.2, -0.15) is 5.26 Å². The van der Waals surface area contributed by atoms with Gasteiger partial charge in [-0.05, 0) is 67.6 Å². The largest absolute Gasteiger partial charge is 0.494 e. The van der Waals surface area contributed by atoms with Gasteiger partial charge in [-0.15, -0.1) is 0 Å². The van der Waals surface area contributed by atoms with Gasteiger partial charge in [-0.3, -0.25) is 0 Å². The third-order valence-corrected chi connectivity index (χ3v) is 6.79. The lowest BCUT2D eigenvalue weighted by atomic mass is 9.83. The van der Waals surface area contributed by atoms with E-state index in [1.165, 1.54) is 0 Å². The van der Waals surface area contributed by atoms with Crippen molar-refractivity contribution in [2.45, 2.75) is 52.9 Å².